The third-order valence-electron chi connectivity index (χ3n) is 3.86. The molecule has 3 heterocycles. The first-order valence-corrected chi connectivity index (χ1v) is 7.50. The SMILES string of the molecule is CC(NC(=O)C1CSC2(C)CCC(=O)N12)c1nn[nH]n1. The normalized spacial score (nSPS) is 30.4. The number of H-pyrrole nitrogens is 1. The van der Waals surface area contributed by atoms with E-state index in [-0.39, 0.29) is 22.7 Å². The predicted octanol–water partition coefficient (Wildman–Crippen LogP) is -0.169. The quantitative estimate of drug-likeness (QED) is 0.802. The summed E-state index contributed by atoms with van der Waals surface area (Å²) in [7, 11) is 0. The van der Waals surface area contributed by atoms with Crippen molar-refractivity contribution < 1.29 is 9.59 Å². The Labute approximate surface area is 120 Å². The monoisotopic (exact) mass is 296 g/mol. The van der Waals surface area contributed by atoms with Crippen LogP contribution >= 0.6 is 11.8 Å². The molecule has 2 amide bonds. The van der Waals surface area contributed by atoms with E-state index in [0.29, 0.717) is 18.0 Å². The first-order chi connectivity index (χ1) is 9.51. The molecule has 1 aromatic heterocycles. The second-order valence-corrected chi connectivity index (χ2v) is 6.77. The van der Waals surface area contributed by atoms with E-state index in [2.05, 4.69) is 25.9 Å². The summed E-state index contributed by atoms with van der Waals surface area (Å²) in [5.74, 6) is 0.964. The Morgan fingerprint density at radius 1 is 1.65 bits per heavy atom. The van der Waals surface area contributed by atoms with E-state index in [9.17, 15) is 9.59 Å². The van der Waals surface area contributed by atoms with Gasteiger partial charge in [-0.2, -0.15) is 5.21 Å². The molecule has 0 aliphatic carbocycles. The summed E-state index contributed by atoms with van der Waals surface area (Å²) in [4.78, 5) is 25.9. The number of aromatic nitrogens is 4. The number of nitrogens with one attached hydrogen (secondary N) is 2. The Morgan fingerprint density at radius 3 is 3.15 bits per heavy atom. The summed E-state index contributed by atoms with van der Waals surface area (Å²) < 4.78 is 0. The third kappa shape index (κ3) is 2.05. The Hall–Kier alpha value is -1.64. The zero-order valence-corrected chi connectivity index (χ0v) is 12.1. The third-order valence-corrected chi connectivity index (χ3v) is 5.36. The number of nitrogens with zero attached hydrogens (tertiary/aromatic N) is 4. The van der Waals surface area contributed by atoms with E-state index in [1.807, 2.05) is 6.92 Å². The van der Waals surface area contributed by atoms with Crippen LogP contribution in [0.25, 0.3) is 0 Å². The fourth-order valence-electron chi connectivity index (χ4n) is 2.74. The van der Waals surface area contributed by atoms with Crippen molar-refractivity contribution in [2.75, 3.05) is 5.75 Å². The van der Waals surface area contributed by atoms with Crippen molar-refractivity contribution in [1.29, 1.82) is 0 Å². The molecule has 3 atom stereocenters. The lowest BCUT2D eigenvalue weighted by Crippen LogP contribution is -2.50. The molecule has 2 N–H and O–H groups in total. The Bertz CT molecular complexity index is 535. The lowest BCUT2D eigenvalue weighted by molar-refractivity contribution is -0.138. The average molecular weight is 296 g/mol. The van der Waals surface area contributed by atoms with Gasteiger partial charge in [0.05, 0.1) is 10.9 Å². The van der Waals surface area contributed by atoms with Crippen molar-refractivity contribution in [2.24, 2.45) is 0 Å². The predicted molar refractivity (Wildman–Crippen MR) is 71.5 cm³/mol. The molecule has 0 bridgehead atoms. The van der Waals surface area contributed by atoms with E-state index in [4.69, 9.17) is 0 Å². The molecule has 0 spiro atoms. The van der Waals surface area contributed by atoms with Crippen molar-refractivity contribution in [3.05, 3.63) is 5.82 Å². The molecule has 108 valence electrons. The Kier molecular flexibility index (Phi) is 3.15. The molecule has 0 aromatic carbocycles. The maximum Gasteiger partial charge on any atom is 0.244 e. The molecule has 8 nitrogen and oxygen atoms in total. The minimum absolute atomic E-state index is 0.0601. The maximum atomic E-state index is 12.4. The second-order valence-electron chi connectivity index (χ2n) is 5.27. The highest BCUT2D eigenvalue weighted by atomic mass is 32.2. The topological polar surface area (TPSA) is 104 Å². The van der Waals surface area contributed by atoms with Crippen molar-refractivity contribution in [3.63, 3.8) is 0 Å². The molecule has 2 saturated heterocycles. The molecular weight excluding hydrogens is 280 g/mol. The van der Waals surface area contributed by atoms with E-state index in [1.54, 1.807) is 23.6 Å². The van der Waals surface area contributed by atoms with Crippen LogP contribution in [0.15, 0.2) is 0 Å². The lowest BCUT2D eigenvalue weighted by Gasteiger charge is -2.30. The number of carbonyl (C=O) groups is 2. The number of thioether (sulfide) groups is 1. The molecular formula is C11H16N6O2S. The van der Waals surface area contributed by atoms with Gasteiger partial charge in [-0.05, 0) is 20.3 Å². The molecule has 9 heteroatoms. The van der Waals surface area contributed by atoms with E-state index in [0.717, 1.165) is 6.42 Å². The number of hydrogen-bond acceptors (Lipinski definition) is 6. The molecule has 0 radical (unpaired) electrons. The fourth-order valence-corrected chi connectivity index (χ4v) is 4.17. The van der Waals surface area contributed by atoms with Crippen LogP contribution in [0, 0.1) is 0 Å². The molecule has 0 saturated carbocycles. The van der Waals surface area contributed by atoms with E-state index < -0.39 is 6.04 Å². The minimum Gasteiger partial charge on any atom is -0.344 e. The average Bonchev–Trinajstić information content (AvgIpc) is 3.08. The van der Waals surface area contributed by atoms with Crippen molar-refractivity contribution >= 4 is 23.6 Å². The highest BCUT2D eigenvalue weighted by Gasteiger charge is 2.53. The standard InChI is InChI=1S/C11H16N6O2S/c1-6(9-13-15-16-14-9)12-10(19)7-5-20-11(2)4-3-8(18)17(7)11/h6-7H,3-5H2,1-2H3,(H,12,19)(H,13,14,15,16). The molecule has 1 aromatic rings. The van der Waals surface area contributed by atoms with Crippen LogP contribution in [-0.4, -0.2) is 54.0 Å². The largest absolute Gasteiger partial charge is 0.344 e. The van der Waals surface area contributed by atoms with Gasteiger partial charge in [-0.1, -0.05) is 5.21 Å². The Balaban J connectivity index is 1.70. The number of aromatic amines is 1. The number of carbonyl (C=O) groups excluding carboxylic acids is 2. The molecule has 2 aliphatic rings. The van der Waals surface area contributed by atoms with Gasteiger partial charge in [-0.25, -0.2) is 0 Å². The molecule has 2 aliphatic heterocycles. The molecule has 2 fully saturated rings. The zero-order valence-electron chi connectivity index (χ0n) is 11.3. The van der Waals surface area contributed by atoms with Crippen LogP contribution in [0.4, 0.5) is 0 Å². The van der Waals surface area contributed by atoms with E-state index >= 15 is 0 Å². The van der Waals surface area contributed by atoms with Gasteiger partial charge in [0.15, 0.2) is 5.82 Å². The van der Waals surface area contributed by atoms with Crippen LogP contribution in [0.1, 0.15) is 38.6 Å². The zero-order chi connectivity index (χ0) is 14.3. The van der Waals surface area contributed by atoms with Crippen LogP contribution in [0.5, 0.6) is 0 Å². The number of amides is 2. The van der Waals surface area contributed by atoms with E-state index in [1.165, 1.54) is 0 Å². The number of hydrogen-bond donors (Lipinski definition) is 2. The molecule has 20 heavy (non-hydrogen) atoms. The fraction of sp³-hybridized carbons (Fsp3) is 0.727. The smallest absolute Gasteiger partial charge is 0.244 e. The van der Waals surface area contributed by atoms with Crippen LogP contribution in [0.2, 0.25) is 0 Å². The van der Waals surface area contributed by atoms with Gasteiger partial charge in [0.1, 0.15) is 6.04 Å². The highest BCUT2D eigenvalue weighted by Crippen LogP contribution is 2.47. The first-order valence-electron chi connectivity index (χ1n) is 6.51. The number of fused-ring (bicyclic) bond motifs is 1. The van der Waals surface area contributed by atoms with Crippen molar-refractivity contribution in [2.45, 2.75) is 43.6 Å². The van der Waals surface area contributed by atoms with Gasteiger partial charge in [-0.15, -0.1) is 22.0 Å². The van der Waals surface area contributed by atoms with Gasteiger partial charge >= 0.3 is 0 Å². The van der Waals surface area contributed by atoms with Crippen LogP contribution in [-0.2, 0) is 9.59 Å². The molecule has 3 rings (SSSR count). The minimum atomic E-state index is -0.408. The Morgan fingerprint density at radius 2 is 2.45 bits per heavy atom. The number of rotatable bonds is 3. The summed E-state index contributed by atoms with van der Waals surface area (Å²) in [5.41, 5.74) is 0. The maximum absolute atomic E-state index is 12.4. The lowest BCUT2D eigenvalue weighted by atomic mass is 10.2. The van der Waals surface area contributed by atoms with Gasteiger partial charge in [0, 0.05) is 12.2 Å². The summed E-state index contributed by atoms with van der Waals surface area (Å²) in [5, 5.41) is 16.4. The van der Waals surface area contributed by atoms with Gasteiger partial charge in [0.2, 0.25) is 11.8 Å². The van der Waals surface area contributed by atoms with Gasteiger partial charge < -0.3 is 10.2 Å². The summed E-state index contributed by atoms with van der Waals surface area (Å²) >= 11 is 1.67. The van der Waals surface area contributed by atoms with Crippen molar-refractivity contribution in [1.82, 2.24) is 30.8 Å². The van der Waals surface area contributed by atoms with Gasteiger partial charge in [0.25, 0.3) is 0 Å². The van der Waals surface area contributed by atoms with Gasteiger partial charge in [-0.3, -0.25) is 9.59 Å². The first kappa shape index (κ1) is 13.3. The van der Waals surface area contributed by atoms with Crippen molar-refractivity contribution in [3.8, 4) is 0 Å². The highest BCUT2D eigenvalue weighted by molar-refractivity contribution is 8.01. The number of tetrazole rings is 1. The molecule has 3 unspecified atom stereocenters. The summed E-state index contributed by atoms with van der Waals surface area (Å²) in [6.45, 7) is 3.81. The van der Waals surface area contributed by atoms with Crippen LogP contribution < -0.4 is 5.32 Å². The summed E-state index contributed by atoms with van der Waals surface area (Å²) in [6.07, 6.45) is 1.33. The van der Waals surface area contributed by atoms with Crippen LogP contribution in [0.3, 0.4) is 0 Å². The second kappa shape index (κ2) is 4.72. The summed E-state index contributed by atoms with van der Waals surface area (Å²) in [6, 6.07) is -0.745.